The molecule has 3 nitrogen and oxygen atoms in total. The summed E-state index contributed by atoms with van der Waals surface area (Å²) in [5.74, 6) is -0.357. The fourth-order valence-corrected chi connectivity index (χ4v) is 1.68. The molecule has 0 radical (unpaired) electrons. The van der Waals surface area contributed by atoms with Gasteiger partial charge in [0.05, 0.1) is 0 Å². The number of ether oxygens (including phenoxy) is 1. The van der Waals surface area contributed by atoms with Gasteiger partial charge in [0.1, 0.15) is 0 Å². The first kappa shape index (κ1) is 9.23. The largest absolute Gasteiger partial charge is 0.452 e. The van der Waals surface area contributed by atoms with E-state index in [0.29, 0.717) is 12.8 Å². The zero-order valence-corrected chi connectivity index (χ0v) is 7.34. The highest BCUT2D eigenvalue weighted by Gasteiger charge is 2.34. The van der Waals surface area contributed by atoms with E-state index in [9.17, 15) is 9.59 Å². The molecule has 0 heterocycles. The fraction of sp³-hybridized carbons (Fsp3) is 0.778. The lowest BCUT2D eigenvalue weighted by molar-refractivity contribution is -0.163. The molecule has 1 fully saturated rings. The quantitative estimate of drug-likeness (QED) is 0.465. The summed E-state index contributed by atoms with van der Waals surface area (Å²) in [7, 11) is 0. The normalized spacial score (nSPS) is 21.4. The van der Waals surface area contributed by atoms with Gasteiger partial charge in [0.25, 0.3) is 0 Å². The SMILES string of the molecule is CC(=O)OC1(C=O)CCCCC1. The highest BCUT2D eigenvalue weighted by Crippen LogP contribution is 2.29. The van der Waals surface area contributed by atoms with E-state index in [2.05, 4.69) is 0 Å². The smallest absolute Gasteiger partial charge is 0.303 e. The molecule has 1 rings (SSSR count). The van der Waals surface area contributed by atoms with Crippen molar-refractivity contribution in [2.24, 2.45) is 0 Å². The Hall–Kier alpha value is -0.860. The molecule has 68 valence electrons. The summed E-state index contributed by atoms with van der Waals surface area (Å²) in [6.45, 7) is 1.35. The standard InChI is InChI=1S/C9H14O3/c1-8(11)12-9(7-10)5-3-2-4-6-9/h7H,2-6H2,1H3. The molecule has 0 amide bonds. The topological polar surface area (TPSA) is 43.4 Å². The number of carbonyl (C=O) groups excluding carboxylic acids is 2. The lowest BCUT2D eigenvalue weighted by Gasteiger charge is -2.30. The average Bonchev–Trinajstić information content (AvgIpc) is 2.05. The minimum absolute atomic E-state index is 0.357. The summed E-state index contributed by atoms with van der Waals surface area (Å²) in [5, 5.41) is 0. The molecule has 0 N–H and O–H groups in total. The predicted molar refractivity (Wildman–Crippen MR) is 43.6 cm³/mol. The monoisotopic (exact) mass is 170 g/mol. The van der Waals surface area contributed by atoms with E-state index >= 15 is 0 Å². The van der Waals surface area contributed by atoms with Gasteiger partial charge in [0, 0.05) is 6.92 Å². The second kappa shape index (κ2) is 3.70. The van der Waals surface area contributed by atoms with Crippen molar-refractivity contribution in [2.45, 2.75) is 44.6 Å². The Morgan fingerprint density at radius 2 is 1.92 bits per heavy atom. The minimum atomic E-state index is -0.788. The van der Waals surface area contributed by atoms with Crippen LogP contribution in [0.1, 0.15) is 39.0 Å². The van der Waals surface area contributed by atoms with Crippen molar-refractivity contribution in [3.63, 3.8) is 0 Å². The molecular weight excluding hydrogens is 156 g/mol. The van der Waals surface area contributed by atoms with Gasteiger partial charge in [-0.05, 0) is 25.7 Å². The number of hydrogen-bond acceptors (Lipinski definition) is 3. The summed E-state index contributed by atoms with van der Waals surface area (Å²) in [6, 6.07) is 0. The molecular formula is C9H14O3. The van der Waals surface area contributed by atoms with Crippen molar-refractivity contribution >= 4 is 12.3 Å². The molecule has 1 aliphatic rings. The third kappa shape index (κ3) is 2.06. The first-order chi connectivity index (χ1) is 5.68. The van der Waals surface area contributed by atoms with Crippen LogP contribution in [0.3, 0.4) is 0 Å². The lowest BCUT2D eigenvalue weighted by atomic mass is 9.86. The molecule has 12 heavy (non-hydrogen) atoms. The Morgan fingerprint density at radius 3 is 2.33 bits per heavy atom. The van der Waals surface area contributed by atoms with Gasteiger partial charge >= 0.3 is 5.97 Å². The Labute approximate surface area is 72.1 Å². The molecule has 3 heteroatoms. The highest BCUT2D eigenvalue weighted by molar-refractivity contribution is 5.72. The van der Waals surface area contributed by atoms with Crippen LogP contribution in [0, 0.1) is 0 Å². The summed E-state index contributed by atoms with van der Waals surface area (Å²) in [6.07, 6.45) is 5.26. The van der Waals surface area contributed by atoms with Crippen LogP contribution < -0.4 is 0 Å². The summed E-state index contributed by atoms with van der Waals surface area (Å²) in [5.41, 5.74) is -0.788. The molecule has 1 aliphatic carbocycles. The molecule has 0 aromatic heterocycles. The van der Waals surface area contributed by atoms with Crippen LogP contribution in [-0.2, 0) is 14.3 Å². The van der Waals surface area contributed by atoms with E-state index in [1.54, 1.807) is 0 Å². The Balaban J connectivity index is 2.59. The first-order valence-corrected chi connectivity index (χ1v) is 4.34. The molecule has 0 unspecified atom stereocenters. The van der Waals surface area contributed by atoms with Crippen LogP contribution in [0.4, 0.5) is 0 Å². The molecule has 0 aliphatic heterocycles. The van der Waals surface area contributed by atoms with Crippen molar-refractivity contribution in [3.05, 3.63) is 0 Å². The molecule has 0 saturated heterocycles. The van der Waals surface area contributed by atoms with Gasteiger partial charge in [-0.2, -0.15) is 0 Å². The van der Waals surface area contributed by atoms with Gasteiger partial charge in [-0.25, -0.2) is 0 Å². The van der Waals surface area contributed by atoms with Crippen LogP contribution in [0.15, 0.2) is 0 Å². The van der Waals surface area contributed by atoms with Crippen molar-refractivity contribution < 1.29 is 14.3 Å². The van der Waals surface area contributed by atoms with Crippen molar-refractivity contribution in [3.8, 4) is 0 Å². The van der Waals surface area contributed by atoms with Crippen molar-refractivity contribution in [1.82, 2.24) is 0 Å². The molecule has 0 spiro atoms. The molecule has 0 aromatic carbocycles. The second-order valence-corrected chi connectivity index (χ2v) is 3.34. The molecule has 0 aromatic rings. The zero-order chi connectivity index (χ0) is 9.03. The van der Waals surface area contributed by atoms with Crippen LogP contribution in [0.2, 0.25) is 0 Å². The highest BCUT2D eigenvalue weighted by atomic mass is 16.6. The fourth-order valence-electron chi connectivity index (χ4n) is 1.68. The maximum absolute atomic E-state index is 10.7. The van der Waals surface area contributed by atoms with E-state index in [-0.39, 0.29) is 5.97 Å². The molecule has 0 atom stereocenters. The van der Waals surface area contributed by atoms with Crippen molar-refractivity contribution in [1.29, 1.82) is 0 Å². The van der Waals surface area contributed by atoms with E-state index in [1.807, 2.05) is 0 Å². The molecule has 1 saturated carbocycles. The molecule has 0 bridgehead atoms. The lowest BCUT2D eigenvalue weighted by Crippen LogP contribution is -2.38. The minimum Gasteiger partial charge on any atom is -0.452 e. The van der Waals surface area contributed by atoms with Gasteiger partial charge in [-0.1, -0.05) is 6.42 Å². The predicted octanol–water partition coefficient (Wildman–Crippen LogP) is 1.45. The van der Waals surface area contributed by atoms with E-state index in [4.69, 9.17) is 4.74 Å². The Morgan fingerprint density at radius 1 is 1.33 bits per heavy atom. The maximum atomic E-state index is 10.7. The average molecular weight is 170 g/mol. The van der Waals surface area contributed by atoms with Gasteiger partial charge < -0.3 is 4.74 Å². The number of aldehydes is 1. The van der Waals surface area contributed by atoms with E-state index < -0.39 is 5.60 Å². The summed E-state index contributed by atoms with van der Waals surface area (Å²) < 4.78 is 5.02. The summed E-state index contributed by atoms with van der Waals surface area (Å²) >= 11 is 0. The van der Waals surface area contributed by atoms with E-state index in [0.717, 1.165) is 25.5 Å². The first-order valence-electron chi connectivity index (χ1n) is 4.34. The van der Waals surface area contributed by atoms with E-state index in [1.165, 1.54) is 6.92 Å². The van der Waals surface area contributed by atoms with Crippen LogP contribution in [0.5, 0.6) is 0 Å². The van der Waals surface area contributed by atoms with Crippen LogP contribution in [0.25, 0.3) is 0 Å². The third-order valence-corrected chi connectivity index (χ3v) is 2.26. The maximum Gasteiger partial charge on any atom is 0.303 e. The van der Waals surface area contributed by atoms with Gasteiger partial charge in [-0.3, -0.25) is 9.59 Å². The Kier molecular flexibility index (Phi) is 2.84. The van der Waals surface area contributed by atoms with Crippen molar-refractivity contribution in [2.75, 3.05) is 0 Å². The summed E-state index contributed by atoms with van der Waals surface area (Å²) in [4.78, 5) is 21.4. The number of hydrogen-bond donors (Lipinski definition) is 0. The van der Waals surface area contributed by atoms with Crippen LogP contribution in [-0.4, -0.2) is 17.9 Å². The number of carbonyl (C=O) groups is 2. The zero-order valence-electron chi connectivity index (χ0n) is 7.34. The van der Waals surface area contributed by atoms with Gasteiger partial charge in [0.2, 0.25) is 0 Å². The van der Waals surface area contributed by atoms with Gasteiger partial charge in [-0.15, -0.1) is 0 Å². The Bertz CT molecular complexity index is 180. The van der Waals surface area contributed by atoms with Gasteiger partial charge in [0.15, 0.2) is 11.9 Å². The number of rotatable bonds is 2. The second-order valence-electron chi connectivity index (χ2n) is 3.34. The number of esters is 1. The third-order valence-electron chi connectivity index (χ3n) is 2.26. The van der Waals surface area contributed by atoms with Crippen LogP contribution >= 0.6 is 0 Å².